The minimum Gasteiger partial charge on any atom is -0.465 e. The number of methoxy groups -OCH3 is 1. The maximum absolute atomic E-state index is 12.9. The van der Waals surface area contributed by atoms with Gasteiger partial charge in [-0.15, -0.1) is 0 Å². The molecule has 1 heterocycles. The summed E-state index contributed by atoms with van der Waals surface area (Å²) in [5.74, 6) is -0.0669. The Morgan fingerprint density at radius 2 is 1.78 bits per heavy atom. The molecular weight excluding hydrogens is 342 g/mol. The van der Waals surface area contributed by atoms with Gasteiger partial charge in [0, 0.05) is 11.1 Å². The average Bonchev–Trinajstić information content (AvgIpc) is 3.02. The summed E-state index contributed by atoms with van der Waals surface area (Å²) in [4.78, 5) is 24.8. The van der Waals surface area contributed by atoms with Gasteiger partial charge in [-0.2, -0.15) is 0 Å². The van der Waals surface area contributed by atoms with Crippen molar-refractivity contribution in [3.63, 3.8) is 0 Å². The van der Waals surface area contributed by atoms with Gasteiger partial charge in [-0.25, -0.2) is 14.2 Å². The van der Waals surface area contributed by atoms with Gasteiger partial charge < -0.3 is 9.47 Å². The largest absolute Gasteiger partial charge is 0.465 e. The fourth-order valence-electron chi connectivity index (χ4n) is 3.07. The number of carbonyl (C=O) groups is 2. The third kappa shape index (κ3) is 4.19. The van der Waals surface area contributed by atoms with Crippen LogP contribution < -0.4 is 0 Å². The highest BCUT2D eigenvalue weighted by molar-refractivity contribution is 5.97. The molecule has 0 radical (unpaired) electrons. The molecule has 3 aromatic rings. The van der Waals surface area contributed by atoms with Crippen LogP contribution in [0, 0.1) is 5.92 Å². The summed E-state index contributed by atoms with van der Waals surface area (Å²) in [7, 11) is 1.34. The topological polar surface area (TPSA) is 57.5 Å². The van der Waals surface area contributed by atoms with Crippen LogP contribution in [0.5, 0.6) is 0 Å². The maximum Gasteiger partial charge on any atom is 0.419 e. The molecule has 5 heteroatoms. The third-order valence-corrected chi connectivity index (χ3v) is 4.31. The number of benzene rings is 2. The standard InChI is InChI=1S/C22H23NO4/c1-15(2)11-19-12-17-9-10-18(21(24)26-3)13-20(17)23(19)22(25)27-14-16-7-5-4-6-8-16/h4-10,12-13,15H,11,14H2,1-3H3. The Kier molecular flexibility index (Phi) is 5.60. The zero-order valence-corrected chi connectivity index (χ0v) is 15.8. The zero-order valence-electron chi connectivity index (χ0n) is 15.8. The van der Waals surface area contributed by atoms with Crippen molar-refractivity contribution in [2.24, 2.45) is 5.92 Å². The smallest absolute Gasteiger partial charge is 0.419 e. The van der Waals surface area contributed by atoms with E-state index < -0.39 is 12.1 Å². The van der Waals surface area contributed by atoms with Crippen LogP contribution in [0.25, 0.3) is 10.9 Å². The second-order valence-electron chi connectivity index (χ2n) is 6.87. The Hall–Kier alpha value is -3.08. The molecule has 0 atom stereocenters. The molecule has 0 bridgehead atoms. The first-order valence-electron chi connectivity index (χ1n) is 8.93. The van der Waals surface area contributed by atoms with Gasteiger partial charge in [-0.1, -0.05) is 50.2 Å². The van der Waals surface area contributed by atoms with Crippen LogP contribution in [0.3, 0.4) is 0 Å². The van der Waals surface area contributed by atoms with Crippen molar-refractivity contribution < 1.29 is 19.1 Å². The average molecular weight is 365 g/mol. The summed E-state index contributed by atoms with van der Waals surface area (Å²) >= 11 is 0. The number of fused-ring (bicyclic) bond motifs is 1. The number of nitrogens with zero attached hydrogens (tertiary/aromatic N) is 1. The highest BCUT2D eigenvalue weighted by atomic mass is 16.5. The van der Waals surface area contributed by atoms with Gasteiger partial charge in [0.2, 0.25) is 0 Å². The van der Waals surface area contributed by atoms with Gasteiger partial charge in [0.1, 0.15) is 6.61 Å². The molecule has 140 valence electrons. The van der Waals surface area contributed by atoms with Gasteiger partial charge in [0.25, 0.3) is 0 Å². The van der Waals surface area contributed by atoms with Crippen molar-refractivity contribution in [1.82, 2.24) is 4.57 Å². The van der Waals surface area contributed by atoms with E-state index in [0.717, 1.165) is 23.1 Å². The lowest BCUT2D eigenvalue weighted by molar-refractivity contribution is 0.0600. The van der Waals surface area contributed by atoms with E-state index in [9.17, 15) is 9.59 Å². The first-order valence-corrected chi connectivity index (χ1v) is 8.93. The molecule has 0 amide bonds. The van der Waals surface area contributed by atoms with Crippen LogP contribution in [-0.2, 0) is 22.5 Å². The molecule has 2 aromatic carbocycles. The van der Waals surface area contributed by atoms with Gasteiger partial charge in [-0.05, 0) is 36.1 Å². The van der Waals surface area contributed by atoms with Crippen LogP contribution >= 0.6 is 0 Å². The van der Waals surface area contributed by atoms with Crippen LogP contribution in [0.2, 0.25) is 0 Å². The molecule has 1 aromatic heterocycles. The van der Waals surface area contributed by atoms with Crippen molar-refractivity contribution in [2.45, 2.75) is 26.9 Å². The van der Waals surface area contributed by atoms with E-state index in [1.807, 2.05) is 42.5 Å². The van der Waals surface area contributed by atoms with Gasteiger partial charge in [0.05, 0.1) is 18.2 Å². The number of carbonyl (C=O) groups excluding carboxylic acids is 2. The van der Waals surface area contributed by atoms with E-state index in [4.69, 9.17) is 9.47 Å². The van der Waals surface area contributed by atoms with Gasteiger partial charge >= 0.3 is 12.1 Å². The monoisotopic (exact) mass is 365 g/mol. The molecule has 0 unspecified atom stereocenters. The fourth-order valence-corrected chi connectivity index (χ4v) is 3.07. The van der Waals surface area contributed by atoms with Crippen LogP contribution in [0.4, 0.5) is 4.79 Å². The summed E-state index contributed by atoms with van der Waals surface area (Å²) < 4.78 is 11.9. The number of ether oxygens (including phenoxy) is 2. The van der Waals surface area contributed by atoms with Crippen LogP contribution in [0.1, 0.15) is 35.5 Å². The Morgan fingerprint density at radius 1 is 1.04 bits per heavy atom. The zero-order chi connectivity index (χ0) is 19.4. The van der Waals surface area contributed by atoms with Gasteiger partial charge in [-0.3, -0.25) is 0 Å². The molecule has 0 saturated carbocycles. The van der Waals surface area contributed by atoms with Crippen molar-refractivity contribution in [3.05, 3.63) is 71.4 Å². The van der Waals surface area contributed by atoms with E-state index in [2.05, 4.69) is 13.8 Å². The molecule has 5 nitrogen and oxygen atoms in total. The van der Waals surface area contributed by atoms with Crippen molar-refractivity contribution in [2.75, 3.05) is 7.11 Å². The maximum atomic E-state index is 12.9. The first-order chi connectivity index (χ1) is 13.0. The molecule has 0 aliphatic carbocycles. The molecule has 0 fully saturated rings. The van der Waals surface area contributed by atoms with E-state index >= 15 is 0 Å². The Bertz CT molecular complexity index is 957. The van der Waals surface area contributed by atoms with Gasteiger partial charge in [0.15, 0.2) is 0 Å². The van der Waals surface area contributed by atoms with Crippen molar-refractivity contribution in [3.8, 4) is 0 Å². The molecule has 3 rings (SSSR count). The molecule has 0 aliphatic rings. The summed E-state index contributed by atoms with van der Waals surface area (Å²) in [6.45, 7) is 4.38. The lowest BCUT2D eigenvalue weighted by Crippen LogP contribution is -2.17. The quantitative estimate of drug-likeness (QED) is 0.609. The second kappa shape index (κ2) is 8.08. The predicted molar refractivity (Wildman–Crippen MR) is 104 cm³/mol. The number of hydrogen-bond acceptors (Lipinski definition) is 4. The van der Waals surface area contributed by atoms with Crippen molar-refractivity contribution in [1.29, 1.82) is 0 Å². The minimum absolute atomic E-state index is 0.192. The second-order valence-corrected chi connectivity index (χ2v) is 6.87. The SMILES string of the molecule is COC(=O)c1ccc2cc(CC(C)C)n(C(=O)OCc3ccccc3)c2c1. The summed E-state index contributed by atoms with van der Waals surface area (Å²) in [6, 6.07) is 16.7. The predicted octanol–water partition coefficient (Wildman–Crippen LogP) is 4.81. The lowest BCUT2D eigenvalue weighted by Gasteiger charge is -2.12. The normalized spacial score (nSPS) is 11.0. The number of rotatable bonds is 5. The molecule has 0 N–H and O–H groups in total. The van der Waals surface area contributed by atoms with Crippen molar-refractivity contribution >= 4 is 23.0 Å². The van der Waals surface area contributed by atoms with E-state index in [1.165, 1.54) is 7.11 Å². The Balaban J connectivity index is 1.98. The van der Waals surface area contributed by atoms with E-state index in [-0.39, 0.29) is 6.61 Å². The summed E-state index contributed by atoms with van der Waals surface area (Å²) in [6.07, 6.45) is 0.273. The Labute approximate surface area is 158 Å². The first kappa shape index (κ1) is 18.7. The number of hydrogen-bond donors (Lipinski definition) is 0. The van der Waals surface area contributed by atoms with Crippen LogP contribution in [-0.4, -0.2) is 23.7 Å². The fraction of sp³-hybridized carbons (Fsp3) is 0.273. The molecule has 0 spiro atoms. The lowest BCUT2D eigenvalue weighted by atomic mass is 10.1. The molecule has 0 saturated heterocycles. The highest BCUT2D eigenvalue weighted by Crippen LogP contribution is 2.24. The van der Waals surface area contributed by atoms with E-state index in [1.54, 1.807) is 16.7 Å². The van der Waals surface area contributed by atoms with E-state index in [0.29, 0.717) is 17.0 Å². The van der Waals surface area contributed by atoms with Crippen LogP contribution in [0.15, 0.2) is 54.6 Å². The third-order valence-electron chi connectivity index (χ3n) is 4.31. The summed E-state index contributed by atoms with van der Waals surface area (Å²) in [5.41, 5.74) is 2.82. The molecular formula is C22H23NO4. The Morgan fingerprint density at radius 3 is 2.44 bits per heavy atom. The highest BCUT2D eigenvalue weighted by Gasteiger charge is 2.19. The minimum atomic E-state index is -0.452. The number of aromatic nitrogens is 1. The molecule has 0 aliphatic heterocycles. The summed E-state index contributed by atoms with van der Waals surface area (Å²) in [5, 5.41) is 0.884. The molecule has 27 heavy (non-hydrogen) atoms. The number of esters is 1.